The van der Waals surface area contributed by atoms with Crippen LogP contribution >= 0.6 is 0 Å². The molecule has 0 aromatic carbocycles. The van der Waals surface area contributed by atoms with Gasteiger partial charge in [-0.15, -0.1) is 0 Å². The van der Waals surface area contributed by atoms with Gasteiger partial charge < -0.3 is 14.2 Å². The van der Waals surface area contributed by atoms with Crippen molar-refractivity contribution in [2.24, 2.45) is 0 Å². The van der Waals surface area contributed by atoms with Gasteiger partial charge >= 0.3 is 11.9 Å². The molecule has 0 aromatic heterocycles. The van der Waals surface area contributed by atoms with Crippen molar-refractivity contribution in [3.8, 4) is 0 Å². The van der Waals surface area contributed by atoms with E-state index in [2.05, 4.69) is 130 Å². The lowest BCUT2D eigenvalue weighted by Crippen LogP contribution is -2.30. The first-order valence-electron chi connectivity index (χ1n) is 27.4. The third-order valence-electron chi connectivity index (χ3n) is 11.3. The van der Waals surface area contributed by atoms with Crippen molar-refractivity contribution in [3.63, 3.8) is 0 Å². The highest BCUT2D eigenvalue weighted by Crippen LogP contribution is 2.13. The smallest absolute Gasteiger partial charge is 0.306 e. The molecule has 0 radical (unpaired) electrons. The van der Waals surface area contributed by atoms with Crippen LogP contribution in [0.1, 0.15) is 239 Å². The summed E-state index contributed by atoms with van der Waals surface area (Å²) >= 11 is 0. The van der Waals surface area contributed by atoms with Crippen LogP contribution in [0.2, 0.25) is 0 Å². The molecule has 0 amide bonds. The van der Waals surface area contributed by atoms with E-state index in [-0.39, 0.29) is 25.2 Å². The van der Waals surface area contributed by atoms with Crippen LogP contribution in [0.15, 0.2) is 109 Å². The summed E-state index contributed by atoms with van der Waals surface area (Å²) in [7, 11) is 0. The Bertz CT molecular complexity index is 1310. The molecule has 1 unspecified atom stereocenters. The lowest BCUT2D eigenvalue weighted by atomic mass is 10.1. The molecule has 0 fully saturated rings. The van der Waals surface area contributed by atoms with E-state index in [0.29, 0.717) is 19.4 Å². The second kappa shape index (κ2) is 55.9. The standard InChI is InChI=1S/C61H102O5/c1-4-7-10-13-16-19-22-25-27-29-31-32-34-37-39-42-45-48-51-54-60(62)65-58-59(66-61(63)55-52-49-46-43-40-36-24-21-18-15-12-9-6-3)57-64-56-53-50-47-44-41-38-35-33-30-28-26-23-20-17-14-11-8-5-2/h8,11,16-17,19-21,24-28,31-33,35,41,44,59H,4-7,9-10,12-15,18,22-23,29-30,34,36-40,42-43,45-58H2,1-3H3/b11-8-,19-16-,20-17-,24-21-,27-25-,28-26-,32-31-,35-33-,44-41-. The lowest BCUT2D eigenvalue weighted by molar-refractivity contribution is -0.163. The molecule has 1 atom stereocenters. The summed E-state index contributed by atoms with van der Waals surface area (Å²) in [6.45, 7) is 7.55. The van der Waals surface area contributed by atoms with Gasteiger partial charge in [-0.2, -0.15) is 0 Å². The number of rotatable bonds is 49. The minimum absolute atomic E-state index is 0.0518. The van der Waals surface area contributed by atoms with Crippen LogP contribution in [0.5, 0.6) is 0 Å². The first-order chi connectivity index (χ1) is 32.6. The maximum Gasteiger partial charge on any atom is 0.306 e. The van der Waals surface area contributed by atoms with E-state index >= 15 is 0 Å². The van der Waals surface area contributed by atoms with Crippen LogP contribution in [-0.4, -0.2) is 37.9 Å². The Balaban J connectivity index is 4.39. The Morgan fingerprint density at radius 3 is 1.14 bits per heavy atom. The molecule has 5 nitrogen and oxygen atoms in total. The Labute approximate surface area is 408 Å². The van der Waals surface area contributed by atoms with E-state index in [1.807, 2.05) is 0 Å². The number of ether oxygens (including phenoxy) is 3. The number of unbranched alkanes of at least 4 members (excludes halogenated alkanes) is 20. The highest BCUT2D eigenvalue weighted by molar-refractivity contribution is 5.70. The molecule has 0 aliphatic rings. The number of esters is 2. The molecule has 0 saturated heterocycles. The second-order valence-corrected chi connectivity index (χ2v) is 17.7. The average molecular weight is 915 g/mol. The quantitative estimate of drug-likeness (QED) is 0.0346. The van der Waals surface area contributed by atoms with Gasteiger partial charge in [-0.25, -0.2) is 0 Å². The van der Waals surface area contributed by atoms with Crippen LogP contribution in [0, 0.1) is 0 Å². The summed E-state index contributed by atoms with van der Waals surface area (Å²) in [6, 6.07) is 0. The first kappa shape index (κ1) is 62.6. The van der Waals surface area contributed by atoms with Gasteiger partial charge in [0.25, 0.3) is 0 Å². The summed E-state index contributed by atoms with van der Waals surface area (Å²) in [4.78, 5) is 25.5. The van der Waals surface area contributed by atoms with Crippen LogP contribution in [0.4, 0.5) is 0 Å². The number of hydrogen-bond donors (Lipinski definition) is 0. The monoisotopic (exact) mass is 915 g/mol. The van der Waals surface area contributed by atoms with Crippen molar-refractivity contribution in [1.29, 1.82) is 0 Å². The van der Waals surface area contributed by atoms with Crippen molar-refractivity contribution in [2.45, 2.75) is 245 Å². The highest BCUT2D eigenvalue weighted by atomic mass is 16.6. The van der Waals surface area contributed by atoms with Gasteiger partial charge in [0.15, 0.2) is 6.10 Å². The minimum Gasteiger partial charge on any atom is -0.462 e. The lowest BCUT2D eigenvalue weighted by Gasteiger charge is -2.18. The van der Waals surface area contributed by atoms with E-state index in [1.54, 1.807) is 0 Å². The first-order valence-corrected chi connectivity index (χ1v) is 27.4. The van der Waals surface area contributed by atoms with E-state index in [0.717, 1.165) is 116 Å². The molecule has 376 valence electrons. The van der Waals surface area contributed by atoms with Gasteiger partial charge in [0, 0.05) is 19.4 Å². The average Bonchev–Trinajstić information content (AvgIpc) is 3.32. The third kappa shape index (κ3) is 53.2. The largest absolute Gasteiger partial charge is 0.462 e. The number of carbonyl (C=O) groups is 2. The maximum atomic E-state index is 12.8. The zero-order valence-corrected chi connectivity index (χ0v) is 43.2. The molecule has 5 heteroatoms. The Morgan fingerprint density at radius 2 is 0.682 bits per heavy atom. The van der Waals surface area contributed by atoms with Gasteiger partial charge in [0.05, 0.1) is 6.61 Å². The molecule has 66 heavy (non-hydrogen) atoms. The Hall–Kier alpha value is -3.44. The number of carbonyl (C=O) groups excluding carboxylic acids is 2. The molecule has 0 aromatic rings. The van der Waals surface area contributed by atoms with Crippen molar-refractivity contribution in [2.75, 3.05) is 19.8 Å². The fourth-order valence-electron chi connectivity index (χ4n) is 7.18. The molecule has 0 spiro atoms. The van der Waals surface area contributed by atoms with E-state index in [4.69, 9.17) is 14.2 Å². The van der Waals surface area contributed by atoms with Crippen LogP contribution in [-0.2, 0) is 23.8 Å². The van der Waals surface area contributed by atoms with Crippen molar-refractivity contribution in [3.05, 3.63) is 109 Å². The zero-order chi connectivity index (χ0) is 47.7. The predicted octanol–water partition coefficient (Wildman–Crippen LogP) is 18.8. The molecule has 0 rings (SSSR count). The van der Waals surface area contributed by atoms with E-state index in [1.165, 1.54) is 89.9 Å². The Kier molecular flexibility index (Phi) is 53.0. The fraction of sp³-hybridized carbons (Fsp3) is 0.672. The van der Waals surface area contributed by atoms with E-state index in [9.17, 15) is 9.59 Å². The molecule has 0 N–H and O–H groups in total. The fourth-order valence-corrected chi connectivity index (χ4v) is 7.18. The predicted molar refractivity (Wildman–Crippen MR) is 288 cm³/mol. The van der Waals surface area contributed by atoms with Gasteiger partial charge in [-0.05, 0) is 128 Å². The van der Waals surface area contributed by atoms with Crippen molar-refractivity contribution < 1.29 is 23.8 Å². The zero-order valence-electron chi connectivity index (χ0n) is 43.2. The van der Waals surface area contributed by atoms with E-state index < -0.39 is 6.10 Å². The molecule has 0 aliphatic carbocycles. The number of allylic oxidation sites excluding steroid dienone is 18. The molecular formula is C61H102O5. The van der Waals surface area contributed by atoms with Gasteiger partial charge in [0.1, 0.15) is 6.61 Å². The summed E-state index contributed by atoms with van der Waals surface area (Å²) in [5.74, 6) is -0.450. The normalized spacial score (nSPS) is 13.1. The molecule has 0 bridgehead atoms. The minimum atomic E-state index is -0.575. The van der Waals surface area contributed by atoms with Crippen molar-refractivity contribution in [1.82, 2.24) is 0 Å². The van der Waals surface area contributed by atoms with Crippen LogP contribution < -0.4 is 0 Å². The van der Waals surface area contributed by atoms with Crippen molar-refractivity contribution >= 4 is 11.9 Å². The highest BCUT2D eigenvalue weighted by Gasteiger charge is 2.17. The summed E-state index contributed by atoms with van der Waals surface area (Å²) in [5.41, 5.74) is 0. The molecule has 0 saturated carbocycles. The second-order valence-electron chi connectivity index (χ2n) is 17.7. The van der Waals surface area contributed by atoms with Gasteiger partial charge in [0.2, 0.25) is 0 Å². The molecular weight excluding hydrogens is 813 g/mol. The van der Waals surface area contributed by atoms with Crippen LogP contribution in [0.25, 0.3) is 0 Å². The third-order valence-corrected chi connectivity index (χ3v) is 11.3. The summed E-state index contributed by atoms with van der Waals surface area (Å²) in [5, 5.41) is 0. The van der Waals surface area contributed by atoms with Gasteiger partial charge in [-0.1, -0.05) is 207 Å². The van der Waals surface area contributed by atoms with Gasteiger partial charge in [-0.3, -0.25) is 9.59 Å². The Morgan fingerprint density at radius 1 is 0.348 bits per heavy atom. The summed E-state index contributed by atoms with van der Waals surface area (Å²) in [6.07, 6.45) is 76.7. The molecule has 0 heterocycles. The SMILES string of the molecule is CC/C=C\C/C=C\C/C=C\C/C=C\C/C=C\CCCCOCC(COC(=O)CCCCCCCC/C=C\C/C=C\C/C=C\CCCCC)OC(=O)CCCCCCC/C=C\CCCCCC. The molecule has 0 aliphatic heterocycles. The topological polar surface area (TPSA) is 61.8 Å². The maximum absolute atomic E-state index is 12.8. The summed E-state index contributed by atoms with van der Waals surface area (Å²) < 4.78 is 17.4. The van der Waals surface area contributed by atoms with Crippen LogP contribution in [0.3, 0.4) is 0 Å². The number of hydrogen-bond acceptors (Lipinski definition) is 5.